The molecule has 0 fully saturated rings. The maximum atomic E-state index is 13.2. The predicted octanol–water partition coefficient (Wildman–Crippen LogP) is 5.72. The molecule has 6 nitrogen and oxygen atoms in total. The lowest BCUT2D eigenvalue weighted by Gasteiger charge is -2.23. The number of nitrogens with one attached hydrogen (secondary N) is 1. The number of carbonyl (C=O) groups excluding carboxylic acids is 2. The van der Waals surface area contributed by atoms with E-state index in [1.165, 1.54) is 11.8 Å². The summed E-state index contributed by atoms with van der Waals surface area (Å²) in [5, 5.41) is 2.87. The first-order valence-electron chi connectivity index (χ1n) is 11.9. The van der Waals surface area contributed by atoms with E-state index in [0.29, 0.717) is 24.5 Å². The van der Waals surface area contributed by atoms with E-state index in [4.69, 9.17) is 4.42 Å². The molecule has 1 aromatic carbocycles. The fraction of sp³-hybridized carbons (Fsp3) is 0.577. The van der Waals surface area contributed by atoms with Gasteiger partial charge < -0.3 is 14.6 Å². The number of aromatic nitrogens is 1. The van der Waals surface area contributed by atoms with Gasteiger partial charge in [0.2, 0.25) is 5.89 Å². The van der Waals surface area contributed by atoms with E-state index in [9.17, 15) is 9.59 Å². The van der Waals surface area contributed by atoms with Crippen LogP contribution >= 0.6 is 0 Å². The molecular formula is C26H39N3O3. The van der Waals surface area contributed by atoms with Gasteiger partial charge in [-0.1, -0.05) is 72.4 Å². The fourth-order valence-electron chi connectivity index (χ4n) is 3.42. The molecule has 0 spiro atoms. The molecule has 2 aromatic rings. The third kappa shape index (κ3) is 7.81. The first-order chi connectivity index (χ1) is 15.3. The topological polar surface area (TPSA) is 75.4 Å². The molecular weight excluding hydrogens is 402 g/mol. The lowest BCUT2D eigenvalue weighted by molar-refractivity contribution is 0.0725. The summed E-state index contributed by atoms with van der Waals surface area (Å²) >= 11 is 0. The van der Waals surface area contributed by atoms with E-state index < -0.39 is 0 Å². The van der Waals surface area contributed by atoms with Crippen LogP contribution in [0.5, 0.6) is 0 Å². The summed E-state index contributed by atoms with van der Waals surface area (Å²) in [5.74, 6) is 0.0860. The number of hydrogen-bond donors (Lipinski definition) is 1. The first-order valence-corrected chi connectivity index (χ1v) is 11.9. The van der Waals surface area contributed by atoms with Crippen molar-refractivity contribution in [2.45, 2.75) is 85.1 Å². The van der Waals surface area contributed by atoms with E-state index in [-0.39, 0.29) is 29.5 Å². The van der Waals surface area contributed by atoms with Gasteiger partial charge in [-0.25, -0.2) is 4.98 Å². The second-order valence-electron chi connectivity index (χ2n) is 9.35. The molecule has 0 saturated heterocycles. The molecule has 1 heterocycles. The number of carbonyl (C=O) groups is 2. The van der Waals surface area contributed by atoms with Gasteiger partial charge in [-0.15, -0.1) is 0 Å². The first kappa shape index (κ1) is 25.6. The van der Waals surface area contributed by atoms with Gasteiger partial charge in [0.25, 0.3) is 11.8 Å². The van der Waals surface area contributed by atoms with Gasteiger partial charge in [-0.2, -0.15) is 0 Å². The molecule has 0 atom stereocenters. The highest BCUT2D eigenvalue weighted by atomic mass is 16.3. The van der Waals surface area contributed by atoms with Gasteiger partial charge in [-0.05, 0) is 36.0 Å². The Morgan fingerprint density at radius 3 is 2.28 bits per heavy atom. The van der Waals surface area contributed by atoms with Crippen LogP contribution in [0.2, 0.25) is 0 Å². The largest absolute Gasteiger partial charge is 0.446 e. The molecule has 0 aliphatic rings. The van der Waals surface area contributed by atoms with E-state index in [1.807, 2.05) is 24.3 Å². The van der Waals surface area contributed by atoms with Crippen molar-refractivity contribution < 1.29 is 14.0 Å². The highest BCUT2D eigenvalue weighted by Gasteiger charge is 2.21. The van der Waals surface area contributed by atoms with Gasteiger partial charge in [0.1, 0.15) is 6.26 Å². The number of oxazole rings is 1. The molecule has 2 rings (SSSR count). The molecule has 1 aromatic heterocycles. The maximum Gasteiger partial charge on any atom is 0.273 e. The van der Waals surface area contributed by atoms with Gasteiger partial charge in [0, 0.05) is 18.7 Å². The number of unbranched alkanes of at least 4 members (excludes halogenated alkanes) is 4. The molecule has 0 unspecified atom stereocenters. The van der Waals surface area contributed by atoms with E-state index in [0.717, 1.165) is 38.5 Å². The third-order valence-corrected chi connectivity index (χ3v) is 5.49. The Labute approximate surface area is 192 Å². The molecule has 0 bridgehead atoms. The Bertz CT molecular complexity index is 850. The minimum Gasteiger partial charge on any atom is -0.446 e. The molecule has 6 heteroatoms. The average Bonchev–Trinajstić information content (AvgIpc) is 3.24. The van der Waals surface area contributed by atoms with Gasteiger partial charge in [-0.3, -0.25) is 9.59 Å². The maximum absolute atomic E-state index is 13.2. The zero-order chi connectivity index (χ0) is 23.6. The standard InChI is InChI=1S/C26H39N3O3/c1-6-8-10-16-27-24(30)22-19-32-23(28-22)18-29(17-11-9-7-2)25(31)20-12-14-21(15-13-20)26(3,4)5/h12-15,19H,6-11,16-18H2,1-5H3,(H,27,30). The normalized spacial score (nSPS) is 11.4. The zero-order valence-corrected chi connectivity index (χ0v) is 20.4. The highest BCUT2D eigenvalue weighted by Crippen LogP contribution is 2.23. The van der Waals surface area contributed by atoms with Crippen LogP contribution in [0.3, 0.4) is 0 Å². The molecule has 0 radical (unpaired) electrons. The average molecular weight is 442 g/mol. The van der Waals surface area contributed by atoms with Crippen molar-refractivity contribution in [2.75, 3.05) is 13.1 Å². The van der Waals surface area contributed by atoms with Crippen LogP contribution in [0.4, 0.5) is 0 Å². The summed E-state index contributed by atoms with van der Waals surface area (Å²) in [4.78, 5) is 31.6. The number of nitrogens with zero attached hydrogens (tertiary/aromatic N) is 2. The fourth-order valence-corrected chi connectivity index (χ4v) is 3.42. The van der Waals surface area contributed by atoms with Crippen LogP contribution in [0.25, 0.3) is 0 Å². The summed E-state index contributed by atoms with van der Waals surface area (Å²) in [6.07, 6.45) is 7.53. The van der Waals surface area contributed by atoms with E-state index in [2.05, 4.69) is 44.9 Å². The van der Waals surface area contributed by atoms with Crippen molar-refractivity contribution in [3.05, 3.63) is 53.2 Å². The number of rotatable bonds is 12. The summed E-state index contributed by atoms with van der Waals surface area (Å²) in [6.45, 7) is 12.2. The predicted molar refractivity (Wildman–Crippen MR) is 128 cm³/mol. The van der Waals surface area contributed by atoms with Crippen LogP contribution in [-0.4, -0.2) is 34.8 Å². The van der Waals surface area contributed by atoms with Crippen molar-refractivity contribution in [3.63, 3.8) is 0 Å². The third-order valence-electron chi connectivity index (χ3n) is 5.49. The molecule has 176 valence electrons. The Morgan fingerprint density at radius 2 is 1.66 bits per heavy atom. The summed E-state index contributed by atoms with van der Waals surface area (Å²) in [7, 11) is 0. The minimum absolute atomic E-state index is 0.0357. The quantitative estimate of drug-likeness (QED) is 0.427. The molecule has 32 heavy (non-hydrogen) atoms. The van der Waals surface area contributed by atoms with Crippen LogP contribution < -0.4 is 5.32 Å². The summed E-state index contributed by atoms with van der Waals surface area (Å²) in [6, 6.07) is 7.81. The number of amides is 2. The Balaban J connectivity index is 2.08. The smallest absolute Gasteiger partial charge is 0.273 e. The second kappa shape index (κ2) is 12.4. The van der Waals surface area contributed by atoms with Gasteiger partial charge in [0.15, 0.2) is 5.69 Å². The molecule has 1 N–H and O–H groups in total. The Kier molecular flexibility index (Phi) is 9.95. The van der Waals surface area contributed by atoms with Crippen molar-refractivity contribution in [2.24, 2.45) is 0 Å². The summed E-state index contributed by atoms with van der Waals surface area (Å²) < 4.78 is 5.53. The number of hydrogen-bond acceptors (Lipinski definition) is 4. The lowest BCUT2D eigenvalue weighted by Crippen LogP contribution is -2.32. The molecule has 2 amide bonds. The van der Waals surface area contributed by atoms with Crippen molar-refractivity contribution in [1.29, 1.82) is 0 Å². The van der Waals surface area contributed by atoms with Crippen molar-refractivity contribution in [3.8, 4) is 0 Å². The zero-order valence-electron chi connectivity index (χ0n) is 20.4. The molecule has 0 aliphatic heterocycles. The Hall–Kier alpha value is -2.63. The SMILES string of the molecule is CCCCCNC(=O)c1coc(CN(CCCCC)C(=O)c2ccc(C(C)(C)C)cc2)n1. The van der Waals surface area contributed by atoms with Gasteiger partial charge in [0.05, 0.1) is 6.54 Å². The molecule has 0 aliphatic carbocycles. The summed E-state index contributed by atoms with van der Waals surface area (Å²) in [5.41, 5.74) is 2.13. The monoisotopic (exact) mass is 441 g/mol. The lowest BCUT2D eigenvalue weighted by atomic mass is 9.86. The second-order valence-corrected chi connectivity index (χ2v) is 9.35. The van der Waals surface area contributed by atoms with E-state index in [1.54, 1.807) is 4.90 Å². The van der Waals surface area contributed by atoms with Crippen molar-refractivity contribution >= 4 is 11.8 Å². The Morgan fingerprint density at radius 1 is 1.00 bits per heavy atom. The molecule has 0 saturated carbocycles. The minimum atomic E-state index is -0.238. The van der Waals surface area contributed by atoms with Crippen LogP contribution in [0.1, 0.15) is 105 Å². The van der Waals surface area contributed by atoms with Crippen molar-refractivity contribution in [1.82, 2.24) is 15.2 Å². The highest BCUT2D eigenvalue weighted by molar-refractivity contribution is 5.94. The number of benzene rings is 1. The van der Waals surface area contributed by atoms with Crippen LogP contribution in [-0.2, 0) is 12.0 Å². The van der Waals surface area contributed by atoms with Crippen LogP contribution in [0, 0.1) is 0 Å². The van der Waals surface area contributed by atoms with Gasteiger partial charge >= 0.3 is 0 Å². The van der Waals surface area contributed by atoms with E-state index >= 15 is 0 Å². The van der Waals surface area contributed by atoms with Crippen LogP contribution in [0.15, 0.2) is 34.9 Å².